The monoisotopic (exact) mass is 450 g/mol. The smallest absolute Gasteiger partial charge is 0.227 e. The maximum absolute atomic E-state index is 13.5. The fourth-order valence-corrected chi connectivity index (χ4v) is 4.20. The van der Waals surface area contributed by atoms with Crippen molar-refractivity contribution in [3.05, 3.63) is 72.1 Å². The van der Waals surface area contributed by atoms with E-state index >= 15 is 0 Å². The number of imidazole rings is 1. The Morgan fingerprint density at radius 3 is 2.64 bits per heavy atom. The number of hydrogen-bond acceptors (Lipinski definition) is 5. The minimum Gasteiger partial charge on any atom is -0.486 e. The molecule has 170 valence electrons. The first-order chi connectivity index (χ1) is 16.0. The topological polar surface area (TPSA) is 85.7 Å². The van der Waals surface area contributed by atoms with Crippen molar-refractivity contribution in [3.8, 4) is 11.5 Å². The first-order valence-electron chi connectivity index (χ1n) is 10.7. The first kappa shape index (κ1) is 21.0. The standard InChI is InChI=1S/C24H23FN4O4/c1-28-9-8-26-23(28)22(15-2-4-17(25)5-3-15)27-24(31)16-12-21(30)29(14-16)18-6-7-19-20(13-18)33-11-10-32-19/h2-9,13,16,22H,10-12,14H2,1H3,(H,27,31)/t16-,22+/m1/s1. The summed E-state index contributed by atoms with van der Waals surface area (Å²) in [5.41, 5.74) is 1.37. The lowest BCUT2D eigenvalue weighted by atomic mass is 10.0. The zero-order valence-electron chi connectivity index (χ0n) is 18.0. The average Bonchev–Trinajstić information content (AvgIpc) is 3.43. The molecular weight excluding hydrogens is 427 g/mol. The van der Waals surface area contributed by atoms with Gasteiger partial charge in [-0.15, -0.1) is 0 Å². The zero-order chi connectivity index (χ0) is 22.9. The summed E-state index contributed by atoms with van der Waals surface area (Å²) in [7, 11) is 1.83. The van der Waals surface area contributed by atoms with Crippen LogP contribution in [0.5, 0.6) is 11.5 Å². The number of carbonyl (C=O) groups excluding carboxylic acids is 2. The fraction of sp³-hybridized carbons (Fsp3) is 0.292. The molecule has 9 heteroatoms. The Balaban J connectivity index is 1.35. The van der Waals surface area contributed by atoms with Gasteiger partial charge >= 0.3 is 0 Å². The second-order valence-corrected chi connectivity index (χ2v) is 8.12. The van der Waals surface area contributed by atoms with E-state index in [9.17, 15) is 14.0 Å². The van der Waals surface area contributed by atoms with E-state index in [4.69, 9.17) is 9.47 Å². The number of ether oxygens (including phenoxy) is 2. The number of halogens is 1. The van der Waals surface area contributed by atoms with Crippen LogP contribution in [0.25, 0.3) is 0 Å². The van der Waals surface area contributed by atoms with Gasteiger partial charge in [0.25, 0.3) is 0 Å². The number of rotatable bonds is 5. The summed E-state index contributed by atoms with van der Waals surface area (Å²) < 4.78 is 26.4. The SMILES string of the molecule is Cn1ccnc1[C@@H](NC(=O)[C@@H]1CC(=O)N(c2ccc3c(c2)OCCO3)C1)c1ccc(F)cc1. The van der Waals surface area contributed by atoms with Crippen LogP contribution in [-0.2, 0) is 16.6 Å². The summed E-state index contributed by atoms with van der Waals surface area (Å²) in [5, 5.41) is 3.01. The van der Waals surface area contributed by atoms with Gasteiger partial charge in [0.1, 0.15) is 30.9 Å². The highest BCUT2D eigenvalue weighted by Gasteiger charge is 2.37. The molecule has 0 unspecified atom stereocenters. The summed E-state index contributed by atoms with van der Waals surface area (Å²) in [6.07, 6.45) is 3.51. The lowest BCUT2D eigenvalue weighted by Crippen LogP contribution is -2.37. The molecule has 5 rings (SSSR count). The number of amides is 2. The van der Waals surface area contributed by atoms with Gasteiger partial charge in [-0.05, 0) is 29.8 Å². The Hall–Kier alpha value is -3.88. The summed E-state index contributed by atoms with van der Waals surface area (Å²) in [6, 6.07) is 10.7. The van der Waals surface area contributed by atoms with Crippen molar-refractivity contribution < 1.29 is 23.5 Å². The summed E-state index contributed by atoms with van der Waals surface area (Å²) >= 11 is 0. The molecule has 0 radical (unpaired) electrons. The molecule has 0 saturated carbocycles. The largest absolute Gasteiger partial charge is 0.486 e. The van der Waals surface area contributed by atoms with Crippen LogP contribution in [0.2, 0.25) is 0 Å². The lowest BCUT2D eigenvalue weighted by Gasteiger charge is -2.23. The third-order valence-corrected chi connectivity index (χ3v) is 5.94. The number of carbonyl (C=O) groups is 2. The van der Waals surface area contributed by atoms with Crippen molar-refractivity contribution in [1.82, 2.24) is 14.9 Å². The molecule has 33 heavy (non-hydrogen) atoms. The normalized spacial score (nSPS) is 18.3. The number of anilines is 1. The van der Waals surface area contributed by atoms with Gasteiger partial charge in [-0.2, -0.15) is 0 Å². The van der Waals surface area contributed by atoms with Gasteiger partial charge < -0.3 is 24.3 Å². The molecule has 0 spiro atoms. The Morgan fingerprint density at radius 1 is 1.15 bits per heavy atom. The van der Waals surface area contributed by atoms with E-state index in [0.717, 1.165) is 0 Å². The summed E-state index contributed by atoms with van der Waals surface area (Å²) in [5.74, 6) is 0.550. The quantitative estimate of drug-likeness (QED) is 0.646. The van der Waals surface area contributed by atoms with E-state index in [1.54, 1.807) is 52.2 Å². The van der Waals surface area contributed by atoms with E-state index in [-0.39, 0.29) is 30.6 Å². The highest BCUT2D eigenvalue weighted by molar-refractivity contribution is 6.00. The molecule has 8 nitrogen and oxygen atoms in total. The number of aromatic nitrogens is 2. The lowest BCUT2D eigenvalue weighted by molar-refractivity contribution is -0.126. The summed E-state index contributed by atoms with van der Waals surface area (Å²) in [4.78, 5) is 31.9. The minimum atomic E-state index is -0.573. The van der Waals surface area contributed by atoms with Crippen LogP contribution in [-0.4, -0.2) is 41.1 Å². The van der Waals surface area contributed by atoms with Gasteiger partial charge in [-0.3, -0.25) is 9.59 Å². The molecule has 2 aliphatic heterocycles. The third-order valence-electron chi connectivity index (χ3n) is 5.94. The molecule has 3 heterocycles. The van der Waals surface area contributed by atoms with Crippen LogP contribution in [0.1, 0.15) is 23.9 Å². The second kappa shape index (κ2) is 8.57. The van der Waals surface area contributed by atoms with Crippen LogP contribution in [0.4, 0.5) is 10.1 Å². The predicted octanol–water partition coefficient (Wildman–Crippen LogP) is 2.59. The minimum absolute atomic E-state index is 0.0942. The molecule has 1 fully saturated rings. The van der Waals surface area contributed by atoms with Crippen LogP contribution in [0.3, 0.4) is 0 Å². The van der Waals surface area contributed by atoms with Gasteiger partial charge in [0.15, 0.2) is 11.5 Å². The van der Waals surface area contributed by atoms with Crippen LogP contribution < -0.4 is 19.7 Å². The molecule has 0 bridgehead atoms. The van der Waals surface area contributed by atoms with Gasteiger partial charge in [0.2, 0.25) is 11.8 Å². The van der Waals surface area contributed by atoms with Crippen LogP contribution in [0.15, 0.2) is 54.9 Å². The molecule has 0 aliphatic carbocycles. The molecule has 2 aromatic carbocycles. The van der Waals surface area contributed by atoms with Gasteiger partial charge in [0.05, 0.1) is 5.92 Å². The maximum atomic E-state index is 13.5. The van der Waals surface area contributed by atoms with Gasteiger partial charge in [-0.25, -0.2) is 9.37 Å². The second-order valence-electron chi connectivity index (χ2n) is 8.12. The van der Waals surface area contributed by atoms with Crippen LogP contribution in [0, 0.1) is 11.7 Å². The Labute approximate surface area is 189 Å². The van der Waals surface area contributed by atoms with Crippen molar-refractivity contribution in [2.75, 3.05) is 24.7 Å². The van der Waals surface area contributed by atoms with E-state index < -0.39 is 12.0 Å². The molecule has 1 aromatic heterocycles. The molecule has 1 saturated heterocycles. The highest BCUT2D eigenvalue weighted by Crippen LogP contribution is 2.36. The number of hydrogen-bond donors (Lipinski definition) is 1. The van der Waals surface area contributed by atoms with Crippen molar-refractivity contribution in [1.29, 1.82) is 0 Å². The molecule has 2 atom stereocenters. The Morgan fingerprint density at radius 2 is 1.91 bits per heavy atom. The maximum Gasteiger partial charge on any atom is 0.227 e. The molecule has 2 amide bonds. The number of aryl methyl sites for hydroxylation is 1. The first-order valence-corrected chi connectivity index (χ1v) is 10.7. The van der Waals surface area contributed by atoms with E-state index in [1.807, 2.05) is 7.05 Å². The van der Waals surface area contributed by atoms with Crippen molar-refractivity contribution in [3.63, 3.8) is 0 Å². The number of nitrogens with one attached hydrogen (secondary N) is 1. The van der Waals surface area contributed by atoms with Crippen molar-refractivity contribution >= 4 is 17.5 Å². The number of fused-ring (bicyclic) bond motifs is 1. The van der Waals surface area contributed by atoms with Crippen LogP contribution >= 0.6 is 0 Å². The predicted molar refractivity (Wildman–Crippen MR) is 117 cm³/mol. The molecule has 1 N–H and O–H groups in total. The summed E-state index contributed by atoms with van der Waals surface area (Å²) in [6.45, 7) is 1.19. The highest BCUT2D eigenvalue weighted by atomic mass is 19.1. The van der Waals surface area contributed by atoms with E-state index in [2.05, 4.69) is 10.3 Å². The molecular formula is C24H23FN4O4. The zero-order valence-corrected chi connectivity index (χ0v) is 18.0. The van der Waals surface area contributed by atoms with E-state index in [1.165, 1.54) is 12.1 Å². The average molecular weight is 450 g/mol. The van der Waals surface area contributed by atoms with Crippen molar-refractivity contribution in [2.45, 2.75) is 12.5 Å². The fourth-order valence-electron chi connectivity index (χ4n) is 4.20. The van der Waals surface area contributed by atoms with Gasteiger partial charge in [-0.1, -0.05) is 12.1 Å². The molecule has 2 aliphatic rings. The van der Waals surface area contributed by atoms with Gasteiger partial charge in [0, 0.05) is 44.2 Å². The van der Waals surface area contributed by atoms with E-state index in [0.29, 0.717) is 41.8 Å². The number of benzene rings is 2. The molecule has 3 aromatic rings. The Bertz CT molecular complexity index is 1190. The van der Waals surface area contributed by atoms with Crippen molar-refractivity contribution in [2.24, 2.45) is 13.0 Å². The number of nitrogens with zero attached hydrogens (tertiary/aromatic N) is 3. The third kappa shape index (κ3) is 4.13. The Kier molecular flexibility index (Phi) is 5.45.